The second-order valence-electron chi connectivity index (χ2n) is 3.85. The normalized spacial score (nSPS) is 29.8. The van der Waals surface area contributed by atoms with Crippen molar-refractivity contribution >= 4 is 5.97 Å². The van der Waals surface area contributed by atoms with E-state index in [2.05, 4.69) is 4.74 Å². The van der Waals surface area contributed by atoms with E-state index >= 15 is 0 Å². The fourth-order valence-corrected chi connectivity index (χ4v) is 1.76. The van der Waals surface area contributed by atoms with Crippen LogP contribution in [0.4, 0.5) is 0 Å². The van der Waals surface area contributed by atoms with Gasteiger partial charge in [-0.2, -0.15) is 0 Å². The van der Waals surface area contributed by atoms with E-state index in [1.807, 2.05) is 6.92 Å². The highest BCUT2D eigenvalue weighted by Gasteiger charge is 2.32. The molecule has 1 aliphatic carbocycles. The average Bonchev–Trinajstić information content (AvgIpc) is 2.29. The molecule has 92 valence electrons. The van der Waals surface area contributed by atoms with E-state index in [1.165, 1.54) is 14.2 Å². The Morgan fingerprint density at radius 2 is 2.25 bits per heavy atom. The number of methoxy groups -OCH3 is 2. The van der Waals surface area contributed by atoms with Crippen LogP contribution in [0.3, 0.4) is 0 Å². The lowest BCUT2D eigenvalue weighted by Crippen LogP contribution is -2.39. The first-order valence-electron chi connectivity index (χ1n) is 5.17. The van der Waals surface area contributed by atoms with E-state index in [-0.39, 0.29) is 18.7 Å². The molecular formula is C11H18O5. The monoisotopic (exact) mass is 230 g/mol. The Labute approximate surface area is 95.0 Å². The molecule has 0 amide bonds. The van der Waals surface area contributed by atoms with Crippen molar-refractivity contribution in [2.75, 3.05) is 21.0 Å². The van der Waals surface area contributed by atoms with Gasteiger partial charge >= 0.3 is 5.97 Å². The molecule has 1 aliphatic rings. The van der Waals surface area contributed by atoms with Crippen molar-refractivity contribution in [3.8, 4) is 0 Å². The van der Waals surface area contributed by atoms with Crippen LogP contribution in [0.25, 0.3) is 0 Å². The number of esters is 1. The maximum absolute atomic E-state index is 11.4. The van der Waals surface area contributed by atoms with Crippen molar-refractivity contribution in [3.05, 3.63) is 11.6 Å². The SMILES string of the molecule is COCO[C@@H]1CC(C(=O)OC)=C[C@H](C)[C@H]1O. The molecule has 0 aliphatic heterocycles. The van der Waals surface area contributed by atoms with E-state index in [0.717, 1.165) is 0 Å². The average molecular weight is 230 g/mol. The molecule has 0 saturated carbocycles. The van der Waals surface area contributed by atoms with Crippen molar-refractivity contribution in [2.45, 2.75) is 25.6 Å². The summed E-state index contributed by atoms with van der Waals surface area (Å²) in [4.78, 5) is 11.4. The largest absolute Gasteiger partial charge is 0.466 e. The predicted octanol–water partition coefficient (Wildman–Crippen LogP) is 0.476. The Kier molecular flexibility index (Phi) is 4.92. The van der Waals surface area contributed by atoms with Gasteiger partial charge in [0.2, 0.25) is 0 Å². The molecule has 16 heavy (non-hydrogen) atoms. The Morgan fingerprint density at radius 3 is 2.81 bits per heavy atom. The highest BCUT2D eigenvalue weighted by molar-refractivity contribution is 5.88. The first kappa shape index (κ1) is 13.2. The summed E-state index contributed by atoms with van der Waals surface area (Å²) >= 11 is 0. The van der Waals surface area contributed by atoms with Crippen LogP contribution in [0.15, 0.2) is 11.6 Å². The summed E-state index contributed by atoms with van der Waals surface area (Å²) in [6.07, 6.45) is 1.03. The third kappa shape index (κ3) is 3.04. The zero-order valence-electron chi connectivity index (χ0n) is 9.80. The van der Waals surface area contributed by atoms with Gasteiger partial charge in [0, 0.05) is 25.0 Å². The number of aliphatic hydroxyl groups excluding tert-OH is 1. The molecule has 0 unspecified atom stereocenters. The summed E-state index contributed by atoms with van der Waals surface area (Å²) in [5, 5.41) is 9.86. The third-order valence-corrected chi connectivity index (χ3v) is 2.65. The molecule has 0 aromatic rings. The summed E-state index contributed by atoms with van der Waals surface area (Å²) in [7, 11) is 2.85. The molecule has 1 N–H and O–H groups in total. The number of carbonyl (C=O) groups excluding carboxylic acids is 1. The molecule has 1 rings (SSSR count). The molecule has 0 bridgehead atoms. The summed E-state index contributed by atoms with van der Waals surface area (Å²) < 4.78 is 14.8. The van der Waals surface area contributed by atoms with Crippen molar-refractivity contribution in [2.24, 2.45) is 5.92 Å². The third-order valence-electron chi connectivity index (χ3n) is 2.65. The smallest absolute Gasteiger partial charge is 0.333 e. The highest BCUT2D eigenvalue weighted by Crippen LogP contribution is 2.26. The van der Waals surface area contributed by atoms with Crippen molar-refractivity contribution in [1.29, 1.82) is 0 Å². The lowest BCUT2D eigenvalue weighted by molar-refractivity contribution is -0.141. The van der Waals surface area contributed by atoms with Gasteiger partial charge in [0.25, 0.3) is 0 Å². The summed E-state index contributed by atoms with van der Waals surface area (Å²) in [5.41, 5.74) is 0.543. The minimum absolute atomic E-state index is 0.100. The van der Waals surface area contributed by atoms with E-state index in [9.17, 15) is 9.90 Å². The van der Waals surface area contributed by atoms with Gasteiger partial charge in [-0.15, -0.1) is 0 Å². The number of hydrogen-bond donors (Lipinski definition) is 1. The number of carbonyl (C=O) groups is 1. The lowest BCUT2D eigenvalue weighted by atomic mass is 9.87. The zero-order chi connectivity index (χ0) is 12.1. The zero-order valence-corrected chi connectivity index (χ0v) is 9.80. The molecule has 0 saturated heterocycles. The van der Waals surface area contributed by atoms with Gasteiger partial charge in [0.1, 0.15) is 6.79 Å². The lowest BCUT2D eigenvalue weighted by Gasteiger charge is -2.31. The first-order valence-corrected chi connectivity index (χ1v) is 5.17. The van der Waals surface area contributed by atoms with Crippen molar-refractivity contribution < 1.29 is 24.1 Å². The second-order valence-corrected chi connectivity index (χ2v) is 3.85. The van der Waals surface area contributed by atoms with Gasteiger partial charge in [-0.1, -0.05) is 13.0 Å². The maximum atomic E-state index is 11.4. The van der Waals surface area contributed by atoms with Crippen LogP contribution in [0.1, 0.15) is 13.3 Å². The topological polar surface area (TPSA) is 65.0 Å². The molecular weight excluding hydrogens is 212 g/mol. The highest BCUT2D eigenvalue weighted by atomic mass is 16.7. The Morgan fingerprint density at radius 1 is 1.56 bits per heavy atom. The van der Waals surface area contributed by atoms with E-state index in [4.69, 9.17) is 9.47 Å². The van der Waals surface area contributed by atoms with Crippen LogP contribution in [-0.4, -0.2) is 44.3 Å². The predicted molar refractivity (Wildman–Crippen MR) is 56.6 cm³/mol. The van der Waals surface area contributed by atoms with Crippen LogP contribution in [0.2, 0.25) is 0 Å². The van der Waals surface area contributed by atoms with Crippen LogP contribution in [0, 0.1) is 5.92 Å². The molecule has 0 aromatic heterocycles. The molecule has 0 radical (unpaired) electrons. The van der Waals surface area contributed by atoms with E-state index in [1.54, 1.807) is 6.08 Å². The first-order chi connectivity index (χ1) is 7.60. The molecule has 5 heteroatoms. The van der Waals surface area contributed by atoms with Crippen LogP contribution in [0.5, 0.6) is 0 Å². The van der Waals surface area contributed by atoms with Crippen molar-refractivity contribution in [1.82, 2.24) is 0 Å². The minimum Gasteiger partial charge on any atom is -0.466 e. The molecule has 0 aromatic carbocycles. The number of rotatable bonds is 4. The van der Waals surface area contributed by atoms with Crippen LogP contribution < -0.4 is 0 Å². The second kappa shape index (κ2) is 5.98. The van der Waals surface area contributed by atoms with Gasteiger partial charge < -0.3 is 19.3 Å². The molecule has 5 nitrogen and oxygen atoms in total. The van der Waals surface area contributed by atoms with Gasteiger partial charge in [-0.25, -0.2) is 4.79 Å². The van der Waals surface area contributed by atoms with Crippen molar-refractivity contribution in [3.63, 3.8) is 0 Å². The van der Waals surface area contributed by atoms with E-state index < -0.39 is 12.2 Å². The summed E-state index contributed by atoms with van der Waals surface area (Å²) in [6.45, 7) is 1.93. The standard InChI is InChI=1S/C11H18O5/c1-7-4-8(11(13)15-3)5-9(10(7)12)16-6-14-2/h4,7,9-10,12H,5-6H2,1-3H3/t7-,9+,10+/m0/s1. The number of aliphatic hydroxyl groups is 1. The minimum atomic E-state index is -0.622. The fourth-order valence-electron chi connectivity index (χ4n) is 1.76. The Hall–Kier alpha value is -0.910. The Bertz CT molecular complexity index is 274. The van der Waals surface area contributed by atoms with Gasteiger partial charge in [0.05, 0.1) is 19.3 Å². The molecule has 0 heterocycles. The van der Waals surface area contributed by atoms with Crippen LogP contribution in [-0.2, 0) is 19.0 Å². The fraction of sp³-hybridized carbons (Fsp3) is 0.727. The molecule has 0 fully saturated rings. The molecule has 0 spiro atoms. The van der Waals surface area contributed by atoms with Gasteiger partial charge in [-0.05, 0) is 0 Å². The van der Waals surface area contributed by atoms with Gasteiger partial charge in [-0.3, -0.25) is 0 Å². The van der Waals surface area contributed by atoms with Gasteiger partial charge in [0.15, 0.2) is 0 Å². The Balaban J connectivity index is 2.69. The van der Waals surface area contributed by atoms with E-state index in [0.29, 0.717) is 12.0 Å². The maximum Gasteiger partial charge on any atom is 0.333 e. The summed E-state index contributed by atoms with van der Waals surface area (Å²) in [6, 6.07) is 0. The van der Waals surface area contributed by atoms with Crippen LogP contribution >= 0.6 is 0 Å². The molecule has 3 atom stereocenters. The number of hydrogen-bond acceptors (Lipinski definition) is 5. The number of ether oxygens (including phenoxy) is 3. The summed E-state index contributed by atoms with van der Waals surface area (Å²) in [5.74, 6) is -0.505. The quantitative estimate of drug-likeness (QED) is 0.562.